The number of aliphatic imine (C=N–C) groups is 1. The van der Waals surface area contributed by atoms with Gasteiger partial charge in [-0.15, -0.1) is 0 Å². The highest BCUT2D eigenvalue weighted by Gasteiger charge is 2.28. The largest absolute Gasteiger partial charge is 0.444 e. The van der Waals surface area contributed by atoms with Crippen LogP contribution in [0.1, 0.15) is 54.4 Å². The molecule has 2 heterocycles. The number of hydrogen-bond donors (Lipinski definition) is 1. The van der Waals surface area contributed by atoms with Gasteiger partial charge in [0.1, 0.15) is 11.4 Å². The third-order valence-corrected chi connectivity index (χ3v) is 4.63. The van der Waals surface area contributed by atoms with Crippen molar-refractivity contribution in [1.82, 2.24) is 15.1 Å². The number of rotatable bonds is 4. The number of carbonyl (C=O) groups excluding carboxylic acids is 1. The maximum absolute atomic E-state index is 12.3. The van der Waals surface area contributed by atoms with E-state index in [0.717, 1.165) is 31.8 Å². The second kappa shape index (κ2) is 9.11. The summed E-state index contributed by atoms with van der Waals surface area (Å²) in [7, 11) is 0. The lowest BCUT2D eigenvalue weighted by atomic mass is 10.0. The van der Waals surface area contributed by atoms with E-state index in [1.165, 1.54) is 16.8 Å². The van der Waals surface area contributed by atoms with Crippen LogP contribution in [0, 0.1) is 0 Å². The zero-order valence-electron chi connectivity index (χ0n) is 17.6. The molecule has 0 atom stereocenters. The summed E-state index contributed by atoms with van der Waals surface area (Å²) in [6.45, 7) is 15.0. The summed E-state index contributed by atoms with van der Waals surface area (Å²) < 4.78 is 5.49. The van der Waals surface area contributed by atoms with Gasteiger partial charge in [0, 0.05) is 43.6 Å². The van der Waals surface area contributed by atoms with E-state index in [2.05, 4.69) is 42.1 Å². The lowest BCUT2D eigenvalue weighted by Crippen LogP contribution is -2.49. The number of nitrogens with one attached hydrogen (secondary N) is 1. The smallest absolute Gasteiger partial charge is 0.410 e. The zero-order chi connectivity index (χ0) is 20.0. The number of hydrogen-bond acceptors (Lipinski definition) is 5. The highest BCUT2D eigenvalue weighted by Crippen LogP contribution is 2.27. The standard InChI is InChI=1S/C21H34N4O2/c1-7-9-10-22-19-18(17(8-2)15-23-19)16(3)24-11-13-25(14-12-24)20(26)27-21(4,5)6/h9-10,15H,7-8,11-14H2,1-6H3,(H,22,23)/b10-9+,18-16+. The normalized spacial score (nSPS) is 19.9. The first-order valence-corrected chi connectivity index (χ1v) is 9.89. The summed E-state index contributed by atoms with van der Waals surface area (Å²) >= 11 is 0. The Kier molecular flexibility index (Phi) is 7.11. The van der Waals surface area contributed by atoms with Gasteiger partial charge in [0.05, 0.1) is 0 Å². The highest BCUT2D eigenvalue weighted by molar-refractivity contribution is 6.05. The van der Waals surface area contributed by atoms with Crippen molar-refractivity contribution in [2.24, 2.45) is 4.99 Å². The van der Waals surface area contributed by atoms with Gasteiger partial charge in [-0.2, -0.15) is 0 Å². The second-order valence-corrected chi connectivity index (χ2v) is 7.86. The number of piperazine rings is 1. The molecule has 1 amide bonds. The van der Waals surface area contributed by atoms with Crippen LogP contribution in [0.4, 0.5) is 4.79 Å². The molecule has 0 aromatic rings. The van der Waals surface area contributed by atoms with Crippen LogP contribution < -0.4 is 5.32 Å². The molecule has 27 heavy (non-hydrogen) atoms. The molecule has 1 N–H and O–H groups in total. The van der Waals surface area contributed by atoms with Gasteiger partial charge < -0.3 is 19.9 Å². The highest BCUT2D eigenvalue weighted by atomic mass is 16.6. The maximum atomic E-state index is 12.3. The van der Waals surface area contributed by atoms with Crippen LogP contribution in [0.5, 0.6) is 0 Å². The van der Waals surface area contributed by atoms with E-state index in [1.807, 2.05) is 33.2 Å². The predicted molar refractivity (Wildman–Crippen MR) is 110 cm³/mol. The van der Waals surface area contributed by atoms with Crippen molar-refractivity contribution in [2.45, 2.75) is 60.0 Å². The van der Waals surface area contributed by atoms with Gasteiger partial charge in [0.15, 0.2) is 0 Å². The second-order valence-electron chi connectivity index (χ2n) is 7.86. The molecular formula is C21H34N4O2. The Bertz CT molecular complexity index is 660. The number of allylic oxidation sites excluding steroid dienone is 2. The maximum Gasteiger partial charge on any atom is 0.410 e. The van der Waals surface area contributed by atoms with Crippen LogP contribution in [0.3, 0.4) is 0 Å². The summed E-state index contributed by atoms with van der Waals surface area (Å²) in [5.41, 5.74) is 3.18. The first-order chi connectivity index (χ1) is 12.8. The van der Waals surface area contributed by atoms with E-state index in [4.69, 9.17) is 4.74 Å². The quantitative estimate of drug-likeness (QED) is 0.807. The summed E-state index contributed by atoms with van der Waals surface area (Å²) in [4.78, 5) is 21.0. The molecule has 1 saturated heterocycles. The van der Waals surface area contributed by atoms with Crippen molar-refractivity contribution < 1.29 is 9.53 Å². The van der Waals surface area contributed by atoms with E-state index in [-0.39, 0.29) is 6.09 Å². The zero-order valence-corrected chi connectivity index (χ0v) is 17.6. The Hall–Kier alpha value is -2.24. The summed E-state index contributed by atoms with van der Waals surface area (Å²) in [5, 5.41) is 3.32. The van der Waals surface area contributed by atoms with Crippen LogP contribution in [0.2, 0.25) is 0 Å². The fraction of sp³-hybridized carbons (Fsp3) is 0.619. The Balaban J connectivity index is 2.06. The molecule has 0 saturated carbocycles. The van der Waals surface area contributed by atoms with Crippen LogP contribution in [-0.4, -0.2) is 53.5 Å². The first kappa shape index (κ1) is 21.1. The topological polar surface area (TPSA) is 57.2 Å². The van der Waals surface area contributed by atoms with Gasteiger partial charge in [-0.05, 0) is 52.3 Å². The van der Waals surface area contributed by atoms with Crippen molar-refractivity contribution in [3.05, 3.63) is 35.3 Å². The van der Waals surface area contributed by atoms with Gasteiger partial charge in [0.2, 0.25) is 0 Å². The van der Waals surface area contributed by atoms with Gasteiger partial charge >= 0.3 is 6.09 Å². The molecule has 0 unspecified atom stereocenters. The van der Waals surface area contributed by atoms with Crippen LogP contribution >= 0.6 is 0 Å². The molecule has 2 rings (SSSR count). The Morgan fingerprint density at radius 2 is 1.85 bits per heavy atom. The number of ether oxygens (including phenoxy) is 1. The molecule has 150 valence electrons. The lowest BCUT2D eigenvalue weighted by molar-refractivity contribution is 0.0168. The van der Waals surface area contributed by atoms with Crippen LogP contribution in [-0.2, 0) is 4.74 Å². The number of amides is 1. The minimum absolute atomic E-state index is 0.226. The molecule has 0 bridgehead atoms. The van der Waals surface area contributed by atoms with E-state index in [9.17, 15) is 4.79 Å². The average Bonchev–Trinajstić information content (AvgIpc) is 3.03. The number of nitrogens with zero attached hydrogens (tertiary/aromatic N) is 3. The third-order valence-electron chi connectivity index (χ3n) is 4.63. The molecule has 1 fully saturated rings. The van der Waals surface area contributed by atoms with Gasteiger partial charge in [-0.25, -0.2) is 9.79 Å². The molecule has 0 aromatic heterocycles. The molecule has 0 spiro atoms. The average molecular weight is 375 g/mol. The number of amidine groups is 1. The Labute approximate surface area is 163 Å². The van der Waals surface area contributed by atoms with Gasteiger partial charge in [-0.3, -0.25) is 0 Å². The van der Waals surface area contributed by atoms with Crippen molar-refractivity contribution in [3.8, 4) is 0 Å². The van der Waals surface area contributed by atoms with Crippen molar-refractivity contribution >= 4 is 11.9 Å². The van der Waals surface area contributed by atoms with Crippen LogP contribution in [0.15, 0.2) is 40.3 Å². The SMILES string of the molecule is CC/C=C/NC1=NC=C(CC)/C1=C(/C)N1CCN(C(=O)OC(C)(C)C)CC1. The predicted octanol–water partition coefficient (Wildman–Crippen LogP) is 4.03. The van der Waals surface area contributed by atoms with E-state index in [1.54, 1.807) is 4.90 Å². The molecule has 6 heteroatoms. The molecule has 0 aromatic carbocycles. The minimum atomic E-state index is -0.459. The third kappa shape index (κ3) is 5.62. The molecule has 2 aliphatic heterocycles. The fourth-order valence-corrected chi connectivity index (χ4v) is 3.17. The first-order valence-electron chi connectivity index (χ1n) is 9.89. The monoisotopic (exact) mass is 374 g/mol. The van der Waals surface area contributed by atoms with Crippen molar-refractivity contribution in [3.63, 3.8) is 0 Å². The molecule has 2 aliphatic rings. The van der Waals surface area contributed by atoms with E-state index < -0.39 is 5.60 Å². The van der Waals surface area contributed by atoms with Crippen molar-refractivity contribution in [2.75, 3.05) is 26.2 Å². The minimum Gasteiger partial charge on any atom is -0.444 e. The van der Waals surface area contributed by atoms with Gasteiger partial charge in [-0.1, -0.05) is 19.9 Å². The summed E-state index contributed by atoms with van der Waals surface area (Å²) in [6.07, 6.45) is 7.70. The molecule has 0 aliphatic carbocycles. The Morgan fingerprint density at radius 3 is 2.41 bits per heavy atom. The Morgan fingerprint density at radius 1 is 1.22 bits per heavy atom. The summed E-state index contributed by atoms with van der Waals surface area (Å²) in [5.74, 6) is 0.906. The van der Waals surface area contributed by atoms with Gasteiger partial charge in [0.25, 0.3) is 0 Å². The molecule has 0 radical (unpaired) electrons. The van der Waals surface area contributed by atoms with Crippen LogP contribution in [0.25, 0.3) is 0 Å². The van der Waals surface area contributed by atoms with E-state index in [0.29, 0.717) is 13.1 Å². The van der Waals surface area contributed by atoms with Crippen molar-refractivity contribution in [1.29, 1.82) is 0 Å². The molecule has 6 nitrogen and oxygen atoms in total. The fourth-order valence-electron chi connectivity index (χ4n) is 3.17. The molecular weight excluding hydrogens is 340 g/mol. The lowest BCUT2D eigenvalue weighted by Gasteiger charge is -2.37. The summed E-state index contributed by atoms with van der Waals surface area (Å²) in [6, 6.07) is 0. The van der Waals surface area contributed by atoms with E-state index >= 15 is 0 Å². The number of carbonyl (C=O) groups is 1.